The molecular weight excluding hydrogens is 662 g/mol. The summed E-state index contributed by atoms with van der Waals surface area (Å²) in [5.41, 5.74) is 4.27. The first-order valence-electron chi connectivity index (χ1n) is 12.3. The molecule has 0 saturated heterocycles. The number of amides is 1. The molecule has 0 atom stereocenters. The van der Waals surface area contributed by atoms with E-state index in [1.165, 1.54) is 50.2 Å². The second kappa shape index (κ2) is 15.8. The van der Waals surface area contributed by atoms with E-state index in [0.29, 0.717) is 12.2 Å². The van der Waals surface area contributed by atoms with E-state index >= 15 is 0 Å². The number of carbonyl (C=O) groups is 1. The van der Waals surface area contributed by atoms with Gasteiger partial charge >= 0.3 is 16.6 Å². The first kappa shape index (κ1) is 40.9. The molecule has 17 heteroatoms. The van der Waals surface area contributed by atoms with Gasteiger partial charge in [-0.15, -0.1) is 12.4 Å². The zero-order valence-electron chi connectivity index (χ0n) is 24.2. The molecule has 3 N–H and O–H groups in total. The molecule has 0 aromatic heterocycles. The van der Waals surface area contributed by atoms with Crippen LogP contribution in [0.1, 0.15) is 31.9 Å². The monoisotopic (exact) mass is 694 g/mol. The number of benzene rings is 2. The Morgan fingerprint density at radius 3 is 1.50 bits per heavy atom. The van der Waals surface area contributed by atoms with Crippen LogP contribution < -0.4 is 11.1 Å². The largest absolute Gasteiger partial charge is 0.444 e. The van der Waals surface area contributed by atoms with Crippen molar-refractivity contribution in [3.05, 3.63) is 83.5 Å². The lowest BCUT2D eigenvalue weighted by Gasteiger charge is -2.19. The zero-order chi connectivity index (χ0) is 33.4. The van der Waals surface area contributed by atoms with Crippen LogP contribution in [0.25, 0.3) is 0 Å². The summed E-state index contributed by atoms with van der Waals surface area (Å²) in [5, 5.41) is -7.33. The van der Waals surface area contributed by atoms with Crippen molar-refractivity contribution in [3.63, 3.8) is 0 Å². The maximum Gasteiger partial charge on any atom is 0.407 e. The Morgan fingerprint density at radius 2 is 1.16 bits per heavy atom. The first-order chi connectivity index (χ1) is 19.5. The third-order valence-electron chi connectivity index (χ3n) is 5.22. The Morgan fingerprint density at radius 1 is 0.795 bits per heavy atom. The third kappa shape index (κ3) is 9.97. The first-order valence-corrected chi connectivity index (χ1v) is 15.3. The number of nitrogens with two attached hydrogens (primary N) is 1. The minimum atomic E-state index is -5.27. The summed E-state index contributed by atoms with van der Waals surface area (Å²) in [6.45, 7) is 6.29. The minimum Gasteiger partial charge on any atom is -0.444 e. The van der Waals surface area contributed by atoms with E-state index in [1.807, 2.05) is 5.32 Å². The topological polar surface area (TPSA) is 133 Å². The number of ether oxygens (including phenoxy) is 1. The maximum atomic E-state index is 14.1. The minimum absolute atomic E-state index is 0. The molecule has 248 valence electrons. The van der Waals surface area contributed by atoms with Crippen LogP contribution in [0.3, 0.4) is 0 Å². The Kier molecular flexibility index (Phi) is 14.7. The van der Waals surface area contributed by atoms with E-state index in [4.69, 9.17) is 10.5 Å². The molecule has 1 amide bonds. The van der Waals surface area contributed by atoms with E-state index in [2.05, 4.69) is 0 Å². The van der Waals surface area contributed by atoms with Gasteiger partial charge in [0.15, 0.2) is 11.7 Å². The number of carbonyl (C=O) groups excluding carboxylic acids is 1. The van der Waals surface area contributed by atoms with Crippen molar-refractivity contribution in [2.24, 2.45) is 5.73 Å². The summed E-state index contributed by atoms with van der Waals surface area (Å²) < 4.78 is 135. The van der Waals surface area contributed by atoms with Crippen molar-refractivity contribution in [1.82, 2.24) is 5.32 Å². The number of nitrogens with one attached hydrogen (secondary N) is 1. The second-order valence-electron chi connectivity index (χ2n) is 9.79. The summed E-state index contributed by atoms with van der Waals surface area (Å²) in [4.78, 5) is 10.1. The van der Waals surface area contributed by atoms with Crippen LogP contribution in [0.15, 0.2) is 82.1 Å². The quantitative estimate of drug-likeness (QED) is 0.293. The van der Waals surface area contributed by atoms with Crippen molar-refractivity contribution in [2.75, 3.05) is 13.1 Å². The van der Waals surface area contributed by atoms with Crippen LogP contribution in [0.2, 0.25) is 0 Å². The lowest BCUT2D eigenvalue weighted by molar-refractivity contribution is 0.0532. The van der Waals surface area contributed by atoms with Gasteiger partial charge < -0.3 is 15.8 Å². The summed E-state index contributed by atoms with van der Waals surface area (Å²) in [6.07, 6.45) is -0.308. The molecule has 0 aliphatic carbocycles. The Hall–Kier alpha value is -3.08. The van der Waals surface area contributed by atoms with Crippen molar-refractivity contribution < 1.29 is 52.7 Å². The predicted molar refractivity (Wildman–Crippen MR) is 156 cm³/mol. The van der Waals surface area contributed by atoms with Crippen LogP contribution in [0, 0.1) is 13.8 Å². The van der Waals surface area contributed by atoms with E-state index in [1.54, 1.807) is 20.8 Å². The van der Waals surface area contributed by atoms with Crippen LogP contribution in [0.5, 0.6) is 0 Å². The SMILES string of the molecule is Cc1ccccc1S(=O)(=O)C(F)(F)/C(F)=C/CN.Cc1ccccc1S(=O)(=O)C(F)(F)/C(F)=C/CNC(=O)OC(C)(C)C.Cl. The molecule has 2 aromatic rings. The molecule has 0 spiro atoms. The van der Waals surface area contributed by atoms with Crippen LogP contribution in [-0.4, -0.2) is 52.1 Å². The fraction of sp³-hybridized carbons (Fsp3) is 0.370. The summed E-state index contributed by atoms with van der Waals surface area (Å²) in [7, 11) is -10.4. The van der Waals surface area contributed by atoms with Gasteiger partial charge in [0.25, 0.3) is 19.7 Å². The van der Waals surface area contributed by atoms with Crippen LogP contribution in [-0.2, 0) is 24.4 Å². The zero-order valence-corrected chi connectivity index (χ0v) is 26.7. The van der Waals surface area contributed by atoms with Crippen molar-refractivity contribution in [2.45, 2.75) is 60.5 Å². The van der Waals surface area contributed by atoms with Gasteiger partial charge in [-0.25, -0.2) is 30.4 Å². The summed E-state index contributed by atoms with van der Waals surface area (Å²) >= 11 is 0. The number of hydrogen-bond donors (Lipinski definition) is 2. The highest BCUT2D eigenvalue weighted by atomic mass is 35.5. The number of alkyl halides is 4. The summed E-state index contributed by atoms with van der Waals surface area (Å²) in [6, 6.07) is 10.2. The van der Waals surface area contributed by atoms with E-state index in [-0.39, 0.29) is 23.5 Å². The Balaban J connectivity index is 0.000000863. The molecule has 0 bridgehead atoms. The number of sulfone groups is 2. The fourth-order valence-corrected chi connectivity index (χ4v) is 5.86. The Bertz CT molecular complexity index is 1580. The molecule has 0 saturated carbocycles. The average molecular weight is 695 g/mol. The molecule has 8 nitrogen and oxygen atoms in total. The third-order valence-corrected chi connectivity index (χ3v) is 9.04. The molecule has 2 rings (SSSR count). The number of aryl methyl sites for hydroxylation is 2. The maximum absolute atomic E-state index is 14.1. The second-order valence-corrected chi connectivity index (χ2v) is 13.7. The molecule has 44 heavy (non-hydrogen) atoms. The molecule has 2 aromatic carbocycles. The van der Waals surface area contributed by atoms with Crippen LogP contribution >= 0.6 is 12.4 Å². The van der Waals surface area contributed by atoms with Crippen molar-refractivity contribution >= 4 is 38.2 Å². The lowest BCUT2D eigenvalue weighted by Crippen LogP contribution is -2.34. The highest BCUT2D eigenvalue weighted by molar-refractivity contribution is 7.93. The highest BCUT2D eigenvalue weighted by Crippen LogP contribution is 2.38. The highest BCUT2D eigenvalue weighted by Gasteiger charge is 2.52. The molecular formula is C27H33ClF6N2O6S2. The van der Waals surface area contributed by atoms with E-state index < -0.39 is 76.4 Å². The molecule has 0 radical (unpaired) electrons. The van der Waals surface area contributed by atoms with Gasteiger partial charge in [-0.05, 0) is 70.0 Å². The average Bonchev–Trinajstić information content (AvgIpc) is 2.88. The predicted octanol–water partition coefficient (Wildman–Crippen LogP) is 6.34. The van der Waals surface area contributed by atoms with Gasteiger partial charge in [-0.3, -0.25) is 0 Å². The molecule has 0 fully saturated rings. The van der Waals surface area contributed by atoms with Gasteiger partial charge in [0.05, 0.1) is 9.79 Å². The summed E-state index contributed by atoms with van der Waals surface area (Å²) in [5.74, 6) is -4.24. The van der Waals surface area contributed by atoms with Crippen molar-refractivity contribution in [3.8, 4) is 0 Å². The number of rotatable bonds is 9. The molecule has 0 unspecified atom stereocenters. The Labute approximate surface area is 258 Å². The molecule has 0 aliphatic rings. The fourth-order valence-electron chi connectivity index (χ4n) is 3.13. The molecule has 0 aliphatic heterocycles. The molecule has 0 heterocycles. The van der Waals surface area contributed by atoms with Crippen molar-refractivity contribution in [1.29, 1.82) is 0 Å². The van der Waals surface area contributed by atoms with Gasteiger partial charge in [-0.2, -0.15) is 17.6 Å². The van der Waals surface area contributed by atoms with Crippen LogP contribution in [0.4, 0.5) is 31.1 Å². The number of hydrogen-bond acceptors (Lipinski definition) is 7. The van der Waals surface area contributed by atoms with E-state index in [9.17, 15) is 48.0 Å². The number of halogens is 7. The van der Waals surface area contributed by atoms with Gasteiger partial charge in [0, 0.05) is 13.1 Å². The van der Waals surface area contributed by atoms with Gasteiger partial charge in [-0.1, -0.05) is 36.4 Å². The van der Waals surface area contributed by atoms with Gasteiger partial charge in [0.1, 0.15) is 5.60 Å². The lowest BCUT2D eigenvalue weighted by atomic mass is 10.2. The smallest absolute Gasteiger partial charge is 0.407 e. The van der Waals surface area contributed by atoms with E-state index in [0.717, 1.165) is 12.1 Å². The normalized spacial score (nSPS) is 13.3. The number of alkyl carbamates (subject to hydrolysis) is 1. The standard InChI is InChI=1S/C16H20F3NO4S.C11H12F3NO2S.ClH/c1-11-7-5-6-8-12(11)25(22,23)16(18,19)13(17)9-10-20-14(21)24-15(2,3)4;1-8-4-2-3-5-9(8)18(16,17)11(13,14)10(12)6-7-15;/h5-9H,10H2,1-4H3,(H,20,21);2-6H,7,15H2,1H3;1H/b13-9-;10-6-;. The van der Waals surface area contributed by atoms with Gasteiger partial charge in [0.2, 0.25) is 0 Å².